The summed E-state index contributed by atoms with van der Waals surface area (Å²) in [6.45, 7) is 1.02. The van der Waals surface area contributed by atoms with Gasteiger partial charge in [-0.3, -0.25) is 5.01 Å². The molecule has 0 unspecified atom stereocenters. The van der Waals surface area contributed by atoms with E-state index in [1.807, 2.05) is 36.5 Å². The summed E-state index contributed by atoms with van der Waals surface area (Å²) in [5.74, 6) is 0. The van der Waals surface area contributed by atoms with Crippen LogP contribution in [0.2, 0.25) is 0 Å². The van der Waals surface area contributed by atoms with Crippen LogP contribution in [-0.4, -0.2) is 25.1 Å². The van der Waals surface area contributed by atoms with Crippen LogP contribution >= 0.6 is 15.9 Å². The van der Waals surface area contributed by atoms with Crippen molar-refractivity contribution >= 4 is 39.6 Å². The van der Waals surface area contributed by atoms with Crippen LogP contribution < -0.4 is 10.3 Å². The molecule has 27 heavy (non-hydrogen) atoms. The van der Waals surface area contributed by atoms with Gasteiger partial charge in [0, 0.05) is 37.2 Å². The SMILES string of the molecule is CN(/N=C/C/C=C\c1ccccc1NCCCCCCBr)c1ccccc1. The molecule has 4 heteroatoms. The van der Waals surface area contributed by atoms with Gasteiger partial charge in [0.05, 0.1) is 5.69 Å². The lowest BCUT2D eigenvalue weighted by molar-refractivity contribution is 0.690. The van der Waals surface area contributed by atoms with Gasteiger partial charge in [-0.25, -0.2) is 0 Å². The molecule has 0 saturated heterocycles. The van der Waals surface area contributed by atoms with Crippen molar-refractivity contribution in [3.8, 4) is 0 Å². The van der Waals surface area contributed by atoms with Crippen LogP contribution in [0.4, 0.5) is 11.4 Å². The van der Waals surface area contributed by atoms with E-state index in [0.29, 0.717) is 0 Å². The lowest BCUT2D eigenvalue weighted by Gasteiger charge is -2.11. The molecule has 1 N–H and O–H groups in total. The monoisotopic (exact) mass is 427 g/mol. The number of para-hydroxylation sites is 2. The Morgan fingerprint density at radius 3 is 2.52 bits per heavy atom. The number of benzene rings is 2. The largest absolute Gasteiger partial charge is 0.385 e. The molecule has 0 saturated carbocycles. The third-order valence-electron chi connectivity index (χ3n) is 4.26. The Morgan fingerprint density at radius 2 is 1.70 bits per heavy atom. The summed E-state index contributed by atoms with van der Waals surface area (Å²) in [4.78, 5) is 0. The van der Waals surface area contributed by atoms with Gasteiger partial charge < -0.3 is 5.32 Å². The third kappa shape index (κ3) is 8.44. The molecule has 0 aromatic heterocycles. The van der Waals surface area contributed by atoms with Crippen molar-refractivity contribution in [2.24, 2.45) is 5.10 Å². The third-order valence-corrected chi connectivity index (χ3v) is 4.82. The number of nitrogens with one attached hydrogen (secondary N) is 1. The molecule has 0 fully saturated rings. The molecule has 0 heterocycles. The quantitative estimate of drug-likeness (QED) is 0.179. The van der Waals surface area contributed by atoms with Crippen molar-refractivity contribution in [2.45, 2.75) is 32.1 Å². The number of hydrazone groups is 1. The molecular formula is C23H30BrN3. The van der Waals surface area contributed by atoms with Gasteiger partial charge in [-0.2, -0.15) is 5.10 Å². The summed E-state index contributed by atoms with van der Waals surface area (Å²) in [6.07, 6.45) is 12.1. The maximum absolute atomic E-state index is 4.47. The van der Waals surface area contributed by atoms with Crippen molar-refractivity contribution in [1.82, 2.24) is 0 Å². The first-order valence-corrected chi connectivity index (χ1v) is 10.8. The number of allylic oxidation sites excluding steroid dienone is 1. The topological polar surface area (TPSA) is 27.6 Å². The second-order valence-electron chi connectivity index (χ2n) is 6.41. The van der Waals surface area contributed by atoms with E-state index in [2.05, 4.69) is 74.9 Å². The number of unbranched alkanes of at least 4 members (excludes halogenated alkanes) is 3. The fourth-order valence-electron chi connectivity index (χ4n) is 2.74. The van der Waals surface area contributed by atoms with Crippen molar-refractivity contribution in [3.05, 3.63) is 66.2 Å². The molecule has 144 valence electrons. The Kier molecular flexibility index (Phi) is 10.3. The van der Waals surface area contributed by atoms with Gasteiger partial charge in [-0.15, -0.1) is 0 Å². The summed E-state index contributed by atoms with van der Waals surface area (Å²) in [6, 6.07) is 18.6. The summed E-state index contributed by atoms with van der Waals surface area (Å²) in [5.41, 5.74) is 3.51. The van der Waals surface area contributed by atoms with Crippen LogP contribution in [0, 0.1) is 0 Å². The van der Waals surface area contributed by atoms with Crippen molar-refractivity contribution in [1.29, 1.82) is 0 Å². The number of rotatable bonds is 12. The van der Waals surface area contributed by atoms with Gasteiger partial charge in [0.2, 0.25) is 0 Å². The summed E-state index contributed by atoms with van der Waals surface area (Å²) in [7, 11) is 1.96. The molecule has 0 atom stereocenters. The minimum Gasteiger partial charge on any atom is -0.385 e. The molecule has 2 rings (SSSR count). The Labute approximate surface area is 172 Å². The maximum atomic E-state index is 4.47. The zero-order valence-corrected chi connectivity index (χ0v) is 17.7. The predicted molar refractivity (Wildman–Crippen MR) is 124 cm³/mol. The van der Waals surface area contributed by atoms with Gasteiger partial charge in [0.1, 0.15) is 0 Å². The van der Waals surface area contributed by atoms with Gasteiger partial charge in [-0.1, -0.05) is 77.3 Å². The van der Waals surface area contributed by atoms with E-state index in [1.54, 1.807) is 0 Å². The molecule has 0 aliphatic carbocycles. The average Bonchev–Trinajstić information content (AvgIpc) is 2.71. The van der Waals surface area contributed by atoms with Gasteiger partial charge in [-0.05, 0) is 36.6 Å². The molecule has 0 aliphatic rings. The number of hydrogen-bond donors (Lipinski definition) is 1. The number of nitrogens with zero attached hydrogens (tertiary/aromatic N) is 2. The number of anilines is 2. The highest BCUT2D eigenvalue weighted by Crippen LogP contribution is 2.17. The Hall–Kier alpha value is -2.07. The Balaban J connectivity index is 1.78. The summed E-state index contributed by atoms with van der Waals surface area (Å²) < 4.78 is 0. The number of hydrogen-bond acceptors (Lipinski definition) is 3. The average molecular weight is 428 g/mol. The zero-order chi connectivity index (χ0) is 19.2. The highest BCUT2D eigenvalue weighted by molar-refractivity contribution is 9.09. The van der Waals surface area contributed by atoms with Crippen LogP contribution in [0.1, 0.15) is 37.7 Å². The van der Waals surface area contributed by atoms with E-state index < -0.39 is 0 Å². The highest BCUT2D eigenvalue weighted by Gasteiger charge is 1.98. The predicted octanol–water partition coefficient (Wildman–Crippen LogP) is 6.58. The second kappa shape index (κ2) is 13.2. The fraction of sp³-hybridized carbons (Fsp3) is 0.348. The molecular weight excluding hydrogens is 398 g/mol. The van der Waals surface area contributed by atoms with E-state index in [1.165, 1.54) is 36.9 Å². The van der Waals surface area contributed by atoms with Crippen molar-refractivity contribution in [2.75, 3.05) is 29.2 Å². The van der Waals surface area contributed by atoms with Gasteiger partial charge in [0.25, 0.3) is 0 Å². The Bertz CT molecular complexity index is 698. The molecule has 2 aromatic rings. The first-order chi connectivity index (χ1) is 13.3. The summed E-state index contributed by atoms with van der Waals surface area (Å²) in [5, 5.41) is 11.0. The van der Waals surface area contributed by atoms with Crippen LogP contribution in [-0.2, 0) is 0 Å². The first kappa shape index (κ1) is 21.2. The van der Waals surface area contributed by atoms with E-state index in [-0.39, 0.29) is 0 Å². The Morgan fingerprint density at radius 1 is 0.963 bits per heavy atom. The molecule has 0 bridgehead atoms. The number of alkyl halides is 1. The van der Waals surface area contributed by atoms with Crippen LogP contribution in [0.15, 0.2) is 65.8 Å². The smallest absolute Gasteiger partial charge is 0.0590 e. The van der Waals surface area contributed by atoms with Crippen molar-refractivity contribution < 1.29 is 0 Å². The van der Waals surface area contributed by atoms with Crippen LogP contribution in [0.3, 0.4) is 0 Å². The molecule has 0 amide bonds. The van der Waals surface area contributed by atoms with Gasteiger partial charge >= 0.3 is 0 Å². The second-order valence-corrected chi connectivity index (χ2v) is 7.21. The molecule has 0 aliphatic heterocycles. The fourth-order valence-corrected chi connectivity index (χ4v) is 3.13. The van der Waals surface area contributed by atoms with E-state index in [4.69, 9.17) is 0 Å². The number of halogens is 1. The standard InChI is InChI=1S/C23H30BrN3/c1-27(22-15-5-4-6-16-22)26-20-12-9-14-21-13-7-8-17-23(21)25-19-11-3-2-10-18-24/h4-9,13-17,20,25H,2-3,10-12,18-19H2,1H3/b14-9-,26-20+. The van der Waals surface area contributed by atoms with E-state index in [9.17, 15) is 0 Å². The van der Waals surface area contributed by atoms with Crippen LogP contribution in [0.25, 0.3) is 6.08 Å². The van der Waals surface area contributed by atoms with Gasteiger partial charge in [0.15, 0.2) is 0 Å². The molecule has 3 nitrogen and oxygen atoms in total. The minimum absolute atomic E-state index is 0.804. The summed E-state index contributed by atoms with van der Waals surface area (Å²) >= 11 is 3.48. The van der Waals surface area contributed by atoms with E-state index in [0.717, 1.165) is 24.0 Å². The zero-order valence-electron chi connectivity index (χ0n) is 16.2. The van der Waals surface area contributed by atoms with E-state index >= 15 is 0 Å². The molecule has 0 spiro atoms. The lowest BCUT2D eigenvalue weighted by Crippen LogP contribution is -2.07. The van der Waals surface area contributed by atoms with Crippen LogP contribution in [0.5, 0.6) is 0 Å². The first-order valence-electron chi connectivity index (χ1n) is 9.68. The normalized spacial score (nSPS) is 11.3. The highest BCUT2D eigenvalue weighted by atomic mass is 79.9. The molecule has 0 radical (unpaired) electrons. The maximum Gasteiger partial charge on any atom is 0.0590 e. The molecule has 2 aromatic carbocycles. The van der Waals surface area contributed by atoms with Crippen molar-refractivity contribution in [3.63, 3.8) is 0 Å². The lowest BCUT2D eigenvalue weighted by atomic mass is 10.1. The minimum atomic E-state index is 0.804.